The highest BCUT2D eigenvalue weighted by atomic mass is 32.2. The molecule has 0 bridgehead atoms. The third kappa shape index (κ3) is 5.55. The summed E-state index contributed by atoms with van der Waals surface area (Å²) in [6.45, 7) is 4.31. The average Bonchev–Trinajstić information content (AvgIpc) is 2.27. The van der Waals surface area contributed by atoms with Crippen LogP contribution in [0.25, 0.3) is 0 Å². The summed E-state index contributed by atoms with van der Waals surface area (Å²) in [5.41, 5.74) is 6.07. The van der Waals surface area contributed by atoms with Gasteiger partial charge in [-0.25, -0.2) is 0 Å². The van der Waals surface area contributed by atoms with Gasteiger partial charge in [0.05, 0.1) is 6.10 Å². The first-order valence-corrected chi connectivity index (χ1v) is 7.69. The molecule has 1 rings (SSSR count). The number of hydrogen-bond donors (Lipinski definition) is 2. The van der Waals surface area contributed by atoms with Gasteiger partial charge in [0.1, 0.15) is 0 Å². The monoisotopic (exact) mass is 245 g/mol. The van der Waals surface area contributed by atoms with E-state index < -0.39 is 0 Å². The Morgan fingerprint density at radius 2 is 1.88 bits per heavy atom. The van der Waals surface area contributed by atoms with Crippen LogP contribution in [-0.4, -0.2) is 28.3 Å². The Morgan fingerprint density at radius 1 is 1.25 bits per heavy atom. The highest BCUT2D eigenvalue weighted by Crippen LogP contribution is 2.28. The third-order valence-corrected chi connectivity index (χ3v) is 4.63. The van der Waals surface area contributed by atoms with Crippen molar-refractivity contribution >= 4 is 11.8 Å². The molecule has 1 aliphatic carbocycles. The van der Waals surface area contributed by atoms with E-state index in [2.05, 4.69) is 13.8 Å². The van der Waals surface area contributed by atoms with Gasteiger partial charge in [-0.2, -0.15) is 11.8 Å². The quantitative estimate of drug-likeness (QED) is 0.756. The first-order chi connectivity index (χ1) is 7.59. The van der Waals surface area contributed by atoms with Gasteiger partial charge in [-0.15, -0.1) is 0 Å². The standard InChI is InChI=1S/C13H27NOS/c1-10(2)16-9-13(15)12(14)8-11-6-4-3-5-7-11/h10-13,15H,3-9,14H2,1-2H3. The van der Waals surface area contributed by atoms with Crippen LogP contribution < -0.4 is 5.73 Å². The first kappa shape index (κ1) is 14.3. The molecule has 0 aromatic carbocycles. The maximum Gasteiger partial charge on any atom is 0.0781 e. The van der Waals surface area contributed by atoms with Crippen molar-refractivity contribution in [2.24, 2.45) is 11.7 Å². The number of nitrogens with two attached hydrogens (primary N) is 1. The Balaban J connectivity index is 2.19. The van der Waals surface area contributed by atoms with E-state index >= 15 is 0 Å². The lowest BCUT2D eigenvalue weighted by molar-refractivity contribution is 0.147. The van der Waals surface area contributed by atoms with Gasteiger partial charge in [-0.1, -0.05) is 46.0 Å². The van der Waals surface area contributed by atoms with Crippen LogP contribution >= 0.6 is 11.8 Å². The molecule has 96 valence electrons. The Bertz CT molecular complexity index is 181. The molecule has 0 aromatic rings. The van der Waals surface area contributed by atoms with Crippen LogP contribution in [0.15, 0.2) is 0 Å². The minimum absolute atomic E-state index is 0.0191. The predicted molar refractivity (Wildman–Crippen MR) is 72.8 cm³/mol. The van der Waals surface area contributed by atoms with Gasteiger partial charge in [-0.05, 0) is 17.6 Å². The zero-order chi connectivity index (χ0) is 12.0. The minimum atomic E-state index is -0.325. The van der Waals surface area contributed by atoms with E-state index in [0.29, 0.717) is 5.25 Å². The van der Waals surface area contributed by atoms with Crippen LogP contribution in [0.2, 0.25) is 0 Å². The predicted octanol–water partition coefficient (Wildman–Crippen LogP) is 2.79. The van der Waals surface area contributed by atoms with Crippen LogP contribution in [-0.2, 0) is 0 Å². The topological polar surface area (TPSA) is 46.2 Å². The summed E-state index contributed by atoms with van der Waals surface area (Å²) in [5, 5.41) is 10.5. The minimum Gasteiger partial charge on any atom is -0.391 e. The van der Waals surface area contributed by atoms with E-state index in [1.54, 1.807) is 11.8 Å². The van der Waals surface area contributed by atoms with Crippen LogP contribution in [0.3, 0.4) is 0 Å². The largest absolute Gasteiger partial charge is 0.391 e. The van der Waals surface area contributed by atoms with E-state index in [1.165, 1.54) is 32.1 Å². The summed E-state index contributed by atoms with van der Waals surface area (Å²) in [7, 11) is 0. The SMILES string of the molecule is CC(C)SCC(O)C(N)CC1CCCCC1. The van der Waals surface area contributed by atoms with Crippen molar-refractivity contribution in [2.45, 2.75) is 69.8 Å². The fourth-order valence-electron chi connectivity index (χ4n) is 2.38. The van der Waals surface area contributed by atoms with Crippen molar-refractivity contribution in [2.75, 3.05) is 5.75 Å². The average molecular weight is 245 g/mol. The van der Waals surface area contributed by atoms with Crippen molar-refractivity contribution in [1.29, 1.82) is 0 Å². The van der Waals surface area contributed by atoms with Gasteiger partial charge in [-0.3, -0.25) is 0 Å². The number of aliphatic hydroxyl groups excluding tert-OH is 1. The van der Waals surface area contributed by atoms with Crippen molar-refractivity contribution in [3.8, 4) is 0 Å². The van der Waals surface area contributed by atoms with Gasteiger partial charge in [0.25, 0.3) is 0 Å². The van der Waals surface area contributed by atoms with Crippen LogP contribution in [0.5, 0.6) is 0 Å². The molecule has 16 heavy (non-hydrogen) atoms. The van der Waals surface area contributed by atoms with Crippen LogP contribution in [0, 0.1) is 5.92 Å². The molecule has 0 aromatic heterocycles. The van der Waals surface area contributed by atoms with E-state index in [9.17, 15) is 5.11 Å². The maximum atomic E-state index is 9.95. The number of hydrogen-bond acceptors (Lipinski definition) is 3. The van der Waals surface area contributed by atoms with E-state index in [1.807, 2.05) is 0 Å². The van der Waals surface area contributed by atoms with Crippen molar-refractivity contribution < 1.29 is 5.11 Å². The van der Waals surface area contributed by atoms with E-state index in [-0.39, 0.29) is 12.1 Å². The molecule has 1 aliphatic rings. The zero-order valence-electron chi connectivity index (χ0n) is 10.7. The normalized spacial score (nSPS) is 22.3. The molecule has 2 atom stereocenters. The second-order valence-electron chi connectivity index (χ2n) is 5.35. The lowest BCUT2D eigenvalue weighted by Crippen LogP contribution is -2.38. The molecule has 1 fully saturated rings. The summed E-state index contributed by atoms with van der Waals surface area (Å²) in [6.07, 6.45) is 7.42. The van der Waals surface area contributed by atoms with Gasteiger partial charge < -0.3 is 10.8 Å². The lowest BCUT2D eigenvalue weighted by Gasteiger charge is -2.27. The van der Waals surface area contributed by atoms with Crippen LogP contribution in [0.1, 0.15) is 52.4 Å². The summed E-state index contributed by atoms with van der Waals surface area (Å²) in [4.78, 5) is 0. The summed E-state index contributed by atoms with van der Waals surface area (Å²) in [6, 6.07) is -0.0191. The fourth-order valence-corrected chi connectivity index (χ4v) is 3.21. The van der Waals surface area contributed by atoms with Gasteiger partial charge in [0.15, 0.2) is 0 Å². The molecule has 3 N–H and O–H groups in total. The fraction of sp³-hybridized carbons (Fsp3) is 1.00. The third-order valence-electron chi connectivity index (χ3n) is 3.42. The smallest absolute Gasteiger partial charge is 0.0781 e. The van der Waals surface area contributed by atoms with E-state index in [4.69, 9.17) is 5.73 Å². The summed E-state index contributed by atoms with van der Waals surface area (Å²) in [5.74, 6) is 1.55. The maximum absolute atomic E-state index is 9.95. The molecule has 0 saturated heterocycles. The molecule has 0 aliphatic heterocycles. The Hall–Kier alpha value is 0.270. The Labute approximate surface area is 104 Å². The number of aliphatic hydroxyl groups is 1. The molecular formula is C13H27NOS. The first-order valence-electron chi connectivity index (χ1n) is 6.65. The Morgan fingerprint density at radius 3 is 2.44 bits per heavy atom. The zero-order valence-corrected chi connectivity index (χ0v) is 11.5. The molecule has 0 amide bonds. The van der Waals surface area contributed by atoms with Gasteiger partial charge in [0.2, 0.25) is 0 Å². The molecule has 0 heterocycles. The Kier molecular flexibility index (Phi) is 6.78. The van der Waals surface area contributed by atoms with E-state index in [0.717, 1.165) is 18.1 Å². The molecular weight excluding hydrogens is 218 g/mol. The molecule has 2 unspecified atom stereocenters. The van der Waals surface area contributed by atoms with Crippen molar-refractivity contribution in [3.05, 3.63) is 0 Å². The van der Waals surface area contributed by atoms with Crippen LogP contribution in [0.4, 0.5) is 0 Å². The number of thioether (sulfide) groups is 1. The number of rotatable bonds is 6. The molecule has 0 spiro atoms. The van der Waals surface area contributed by atoms with Crippen molar-refractivity contribution in [3.63, 3.8) is 0 Å². The highest BCUT2D eigenvalue weighted by molar-refractivity contribution is 7.99. The lowest BCUT2D eigenvalue weighted by atomic mass is 9.84. The van der Waals surface area contributed by atoms with Crippen molar-refractivity contribution in [1.82, 2.24) is 0 Å². The summed E-state index contributed by atoms with van der Waals surface area (Å²) >= 11 is 1.80. The molecule has 2 nitrogen and oxygen atoms in total. The van der Waals surface area contributed by atoms with Gasteiger partial charge in [0, 0.05) is 11.8 Å². The molecule has 0 radical (unpaired) electrons. The highest BCUT2D eigenvalue weighted by Gasteiger charge is 2.21. The second kappa shape index (κ2) is 7.57. The molecule has 3 heteroatoms. The molecule has 1 saturated carbocycles. The summed E-state index contributed by atoms with van der Waals surface area (Å²) < 4.78 is 0. The van der Waals surface area contributed by atoms with Gasteiger partial charge >= 0.3 is 0 Å². The second-order valence-corrected chi connectivity index (χ2v) is 6.96.